The zero-order valence-electron chi connectivity index (χ0n) is 12.5. The van der Waals surface area contributed by atoms with Gasteiger partial charge in [-0.15, -0.1) is 12.4 Å². The quantitative estimate of drug-likeness (QED) is 0.630. The van der Waals surface area contributed by atoms with E-state index in [0.717, 1.165) is 25.9 Å². The lowest BCUT2D eigenvalue weighted by Crippen LogP contribution is -2.24. The largest absolute Gasteiger partial charge is 0.316 e. The lowest BCUT2D eigenvalue weighted by molar-refractivity contribution is 0.611. The molecule has 0 unspecified atom stereocenters. The molecule has 2 aliphatic rings. The Kier molecular flexibility index (Phi) is 4.47. The maximum atomic E-state index is 3.47. The maximum absolute atomic E-state index is 3.47. The second kappa shape index (κ2) is 6.51. The first-order valence-corrected chi connectivity index (χ1v) is 7.73. The highest BCUT2D eigenvalue weighted by Crippen LogP contribution is 2.37. The number of hydrogen-bond donors (Lipinski definition) is 1. The molecule has 1 aliphatic heterocycles. The maximum Gasteiger partial charge on any atom is -0.00111 e. The topological polar surface area (TPSA) is 12.0 Å². The number of hydrogen-bond acceptors (Lipinski definition) is 1. The Morgan fingerprint density at radius 3 is 1.73 bits per heavy atom. The van der Waals surface area contributed by atoms with Crippen molar-refractivity contribution in [3.8, 4) is 0 Å². The van der Waals surface area contributed by atoms with Gasteiger partial charge in [0.2, 0.25) is 0 Å². The highest BCUT2D eigenvalue weighted by atomic mass is 35.5. The van der Waals surface area contributed by atoms with Crippen molar-refractivity contribution in [2.45, 2.75) is 12.8 Å². The van der Waals surface area contributed by atoms with Crippen molar-refractivity contribution in [1.82, 2.24) is 5.32 Å². The minimum Gasteiger partial charge on any atom is -0.316 e. The van der Waals surface area contributed by atoms with Crippen molar-refractivity contribution in [3.63, 3.8) is 0 Å². The summed E-state index contributed by atoms with van der Waals surface area (Å²) < 4.78 is 0. The van der Waals surface area contributed by atoms with Gasteiger partial charge in [0, 0.05) is 0 Å². The third kappa shape index (κ3) is 2.63. The highest BCUT2D eigenvalue weighted by Gasteiger charge is 2.19. The molecule has 1 N–H and O–H groups in total. The molecular weight excluding hydrogens is 290 g/mol. The number of nitrogens with one attached hydrogen (secondary N) is 1. The van der Waals surface area contributed by atoms with Gasteiger partial charge in [-0.2, -0.15) is 0 Å². The SMILES string of the molecule is C1=Cc2ccccc2C(=C2CCNCC2)c2ccccc21.Cl. The van der Waals surface area contributed by atoms with Crippen molar-refractivity contribution < 1.29 is 0 Å². The first kappa shape index (κ1) is 15.1. The normalized spacial score (nSPS) is 16.4. The van der Waals surface area contributed by atoms with Crippen LogP contribution in [-0.4, -0.2) is 13.1 Å². The first-order valence-electron chi connectivity index (χ1n) is 7.73. The molecule has 1 nitrogen and oxygen atoms in total. The molecule has 0 saturated carbocycles. The van der Waals surface area contributed by atoms with Crippen molar-refractivity contribution in [1.29, 1.82) is 0 Å². The summed E-state index contributed by atoms with van der Waals surface area (Å²) in [5.74, 6) is 0. The summed E-state index contributed by atoms with van der Waals surface area (Å²) in [6, 6.07) is 17.6. The summed E-state index contributed by atoms with van der Waals surface area (Å²) in [6.07, 6.45) is 6.81. The van der Waals surface area contributed by atoms with E-state index in [1.807, 2.05) is 0 Å². The Labute approximate surface area is 138 Å². The van der Waals surface area contributed by atoms with Crippen LogP contribution in [0.2, 0.25) is 0 Å². The van der Waals surface area contributed by atoms with Crippen molar-refractivity contribution in [3.05, 3.63) is 76.4 Å². The third-order valence-electron chi connectivity index (χ3n) is 4.46. The molecule has 0 amide bonds. The van der Waals surface area contributed by atoms with Crippen LogP contribution in [-0.2, 0) is 0 Å². The number of fused-ring (bicyclic) bond motifs is 2. The molecular formula is C20H20ClN. The number of piperidine rings is 1. The molecule has 1 heterocycles. The highest BCUT2D eigenvalue weighted by molar-refractivity contribution is 5.94. The summed E-state index contributed by atoms with van der Waals surface area (Å²) in [5, 5.41) is 3.47. The van der Waals surface area contributed by atoms with Gasteiger partial charge < -0.3 is 5.32 Å². The number of halogens is 1. The van der Waals surface area contributed by atoms with Gasteiger partial charge in [0.15, 0.2) is 0 Å². The zero-order chi connectivity index (χ0) is 14.1. The molecule has 0 bridgehead atoms. The Bertz CT molecular complexity index is 683. The average Bonchev–Trinajstić information content (AvgIpc) is 2.72. The fourth-order valence-electron chi connectivity index (χ4n) is 3.42. The van der Waals surface area contributed by atoms with E-state index in [1.165, 1.54) is 27.8 Å². The van der Waals surface area contributed by atoms with Gasteiger partial charge in [-0.05, 0) is 53.8 Å². The smallest absolute Gasteiger partial charge is 0.00111 e. The predicted molar refractivity (Wildman–Crippen MR) is 97.2 cm³/mol. The van der Waals surface area contributed by atoms with Crippen molar-refractivity contribution in [2.75, 3.05) is 13.1 Å². The number of rotatable bonds is 0. The van der Waals surface area contributed by atoms with E-state index in [4.69, 9.17) is 0 Å². The minimum atomic E-state index is 0. The second-order valence-corrected chi connectivity index (χ2v) is 5.74. The van der Waals surface area contributed by atoms with Gasteiger partial charge in [0.1, 0.15) is 0 Å². The zero-order valence-corrected chi connectivity index (χ0v) is 13.3. The summed E-state index contributed by atoms with van der Waals surface area (Å²) in [4.78, 5) is 0. The second-order valence-electron chi connectivity index (χ2n) is 5.74. The van der Waals surface area contributed by atoms with E-state index in [1.54, 1.807) is 5.57 Å². The summed E-state index contributed by atoms with van der Waals surface area (Å²) in [7, 11) is 0. The lowest BCUT2D eigenvalue weighted by atomic mass is 9.86. The average molecular weight is 310 g/mol. The molecule has 2 aromatic rings. The van der Waals surface area contributed by atoms with Crippen LogP contribution in [0.3, 0.4) is 0 Å². The Morgan fingerprint density at radius 2 is 1.18 bits per heavy atom. The van der Waals surface area contributed by atoms with Crippen molar-refractivity contribution >= 4 is 30.1 Å². The van der Waals surface area contributed by atoms with E-state index in [-0.39, 0.29) is 12.4 Å². The molecule has 0 spiro atoms. The van der Waals surface area contributed by atoms with Crippen LogP contribution in [0, 0.1) is 0 Å². The molecule has 0 radical (unpaired) electrons. The molecule has 0 aromatic heterocycles. The fraction of sp³-hybridized carbons (Fsp3) is 0.200. The Balaban J connectivity index is 0.00000144. The predicted octanol–water partition coefficient (Wildman–Crippen LogP) is 4.78. The van der Waals surface area contributed by atoms with Gasteiger partial charge in [0.05, 0.1) is 0 Å². The third-order valence-corrected chi connectivity index (χ3v) is 4.46. The molecule has 1 fully saturated rings. The minimum absolute atomic E-state index is 0. The molecule has 112 valence electrons. The molecule has 2 aromatic carbocycles. The summed E-state index contributed by atoms with van der Waals surface area (Å²) in [5.41, 5.74) is 8.49. The summed E-state index contributed by atoms with van der Waals surface area (Å²) >= 11 is 0. The van der Waals surface area contributed by atoms with E-state index < -0.39 is 0 Å². The van der Waals surface area contributed by atoms with Crippen LogP contribution >= 0.6 is 12.4 Å². The van der Waals surface area contributed by atoms with E-state index in [2.05, 4.69) is 66.0 Å². The monoisotopic (exact) mass is 309 g/mol. The van der Waals surface area contributed by atoms with Crippen LogP contribution in [0.1, 0.15) is 35.1 Å². The Hall–Kier alpha value is -1.83. The van der Waals surface area contributed by atoms with Gasteiger partial charge in [-0.1, -0.05) is 66.3 Å². The molecule has 4 rings (SSSR count). The van der Waals surface area contributed by atoms with E-state index >= 15 is 0 Å². The van der Waals surface area contributed by atoms with E-state index in [9.17, 15) is 0 Å². The van der Waals surface area contributed by atoms with Crippen molar-refractivity contribution in [2.24, 2.45) is 0 Å². The molecule has 1 aliphatic carbocycles. The molecule has 0 atom stereocenters. The molecule has 1 saturated heterocycles. The van der Waals surface area contributed by atoms with Gasteiger partial charge in [-0.3, -0.25) is 0 Å². The van der Waals surface area contributed by atoms with Crippen LogP contribution in [0.15, 0.2) is 54.1 Å². The van der Waals surface area contributed by atoms with Crippen LogP contribution in [0.5, 0.6) is 0 Å². The lowest BCUT2D eigenvalue weighted by Gasteiger charge is -2.22. The molecule has 2 heteroatoms. The fourth-order valence-corrected chi connectivity index (χ4v) is 3.42. The number of benzene rings is 2. The van der Waals surface area contributed by atoms with Gasteiger partial charge >= 0.3 is 0 Å². The molecule has 22 heavy (non-hydrogen) atoms. The van der Waals surface area contributed by atoms with E-state index in [0.29, 0.717) is 0 Å². The first-order chi connectivity index (χ1) is 10.4. The van der Waals surface area contributed by atoms with Gasteiger partial charge in [0.25, 0.3) is 0 Å². The van der Waals surface area contributed by atoms with Crippen LogP contribution < -0.4 is 5.32 Å². The standard InChI is InChI=1S/C20H19N.ClH/c1-3-7-18-15(5-1)9-10-16-6-2-4-8-19(16)20(18)17-11-13-21-14-12-17;/h1-10,21H,11-14H2;1H. The summed E-state index contributed by atoms with van der Waals surface area (Å²) in [6.45, 7) is 2.19. The van der Waals surface area contributed by atoms with Crippen LogP contribution in [0.25, 0.3) is 17.7 Å². The van der Waals surface area contributed by atoms with Crippen LogP contribution in [0.4, 0.5) is 0 Å². The Morgan fingerprint density at radius 1 is 0.682 bits per heavy atom. The van der Waals surface area contributed by atoms with Gasteiger partial charge in [-0.25, -0.2) is 0 Å².